The molecule has 0 heterocycles. The first-order chi connectivity index (χ1) is 14.1. The van der Waals surface area contributed by atoms with Gasteiger partial charge in [0, 0.05) is 31.1 Å². The zero-order valence-electron chi connectivity index (χ0n) is 17.0. The number of anilines is 1. The number of rotatable bonds is 10. The minimum atomic E-state index is -0.119. The van der Waals surface area contributed by atoms with Crippen molar-refractivity contribution in [2.24, 2.45) is 4.99 Å². The highest BCUT2D eigenvalue weighted by Crippen LogP contribution is 2.17. The van der Waals surface area contributed by atoms with Crippen LogP contribution >= 0.6 is 0 Å². The number of hydrogen-bond donors (Lipinski definition) is 4. The topological polar surface area (TPSA) is 95.0 Å². The summed E-state index contributed by atoms with van der Waals surface area (Å²) in [6.45, 7) is 5.73. The van der Waals surface area contributed by atoms with Crippen molar-refractivity contribution in [1.29, 1.82) is 0 Å². The van der Waals surface area contributed by atoms with Crippen LogP contribution in [0.4, 0.5) is 5.69 Å². The lowest BCUT2D eigenvalue weighted by Crippen LogP contribution is -2.39. The summed E-state index contributed by atoms with van der Waals surface area (Å²) in [5.41, 5.74) is 1.77. The van der Waals surface area contributed by atoms with E-state index in [1.807, 2.05) is 55.5 Å². The molecular weight excluding hydrogens is 368 g/mol. The smallest absolute Gasteiger partial charge is 0.221 e. The van der Waals surface area contributed by atoms with Crippen LogP contribution in [0.5, 0.6) is 5.75 Å². The number of carbonyl (C=O) groups is 1. The highest BCUT2D eigenvalue weighted by atomic mass is 16.5. The average Bonchev–Trinajstić information content (AvgIpc) is 2.72. The molecule has 0 saturated carbocycles. The monoisotopic (exact) mass is 398 g/mol. The van der Waals surface area contributed by atoms with Gasteiger partial charge in [-0.1, -0.05) is 36.4 Å². The number of hydrogen-bond acceptors (Lipinski definition) is 4. The Morgan fingerprint density at radius 3 is 2.62 bits per heavy atom. The molecule has 1 atom stereocenters. The quantitative estimate of drug-likeness (QED) is 0.280. The molecule has 0 saturated heterocycles. The van der Waals surface area contributed by atoms with Crippen molar-refractivity contribution >= 4 is 17.6 Å². The van der Waals surface area contributed by atoms with Crippen LogP contribution in [-0.2, 0) is 4.79 Å². The van der Waals surface area contributed by atoms with Gasteiger partial charge in [-0.15, -0.1) is 0 Å². The van der Waals surface area contributed by atoms with E-state index in [-0.39, 0.29) is 18.4 Å². The number of aliphatic imine (C=N–C) groups is 1. The molecule has 2 aromatic rings. The second-order valence-electron chi connectivity index (χ2n) is 6.49. The van der Waals surface area contributed by atoms with Crippen molar-refractivity contribution in [2.75, 3.05) is 38.2 Å². The maximum Gasteiger partial charge on any atom is 0.221 e. The molecule has 7 nitrogen and oxygen atoms in total. The number of amides is 1. The molecule has 0 bridgehead atoms. The van der Waals surface area contributed by atoms with Crippen LogP contribution in [0, 0.1) is 0 Å². The third-order valence-electron chi connectivity index (χ3n) is 4.12. The van der Waals surface area contributed by atoms with E-state index < -0.39 is 0 Å². The van der Waals surface area contributed by atoms with E-state index in [9.17, 15) is 9.90 Å². The fourth-order valence-corrected chi connectivity index (χ4v) is 2.74. The third-order valence-corrected chi connectivity index (χ3v) is 4.12. The number of nitrogens with one attached hydrogen (secondary N) is 3. The van der Waals surface area contributed by atoms with Gasteiger partial charge in [0.05, 0.1) is 19.7 Å². The first-order valence-corrected chi connectivity index (χ1v) is 9.80. The van der Waals surface area contributed by atoms with Gasteiger partial charge in [-0.2, -0.15) is 0 Å². The minimum absolute atomic E-state index is 0.0422. The second kappa shape index (κ2) is 12.4. The molecule has 0 aliphatic heterocycles. The fraction of sp³-hybridized carbons (Fsp3) is 0.364. The van der Waals surface area contributed by atoms with Crippen molar-refractivity contribution in [3.05, 3.63) is 60.2 Å². The van der Waals surface area contributed by atoms with Gasteiger partial charge in [0.25, 0.3) is 0 Å². The van der Waals surface area contributed by atoms with E-state index in [0.717, 1.165) is 12.1 Å². The van der Waals surface area contributed by atoms with E-state index >= 15 is 0 Å². The first kappa shape index (κ1) is 22.2. The lowest BCUT2D eigenvalue weighted by atomic mass is 10.0. The molecule has 0 aliphatic rings. The molecule has 7 heteroatoms. The van der Waals surface area contributed by atoms with Gasteiger partial charge in [0.15, 0.2) is 5.96 Å². The molecule has 0 aliphatic carbocycles. The van der Waals surface area contributed by atoms with Crippen molar-refractivity contribution in [1.82, 2.24) is 10.6 Å². The van der Waals surface area contributed by atoms with E-state index in [0.29, 0.717) is 37.1 Å². The van der Waals surface area contributed by atoms with Gasteiger partial charge in [-0.3, -0.25) is 9.79 Å². The summed E-state index contributed by atoms with van der Waals surface area (Å²) in [4.78, 5) is 15.7. The van der Waals surface area contributed by atoms with E-state index in [1.54, 1.807) is 6.07 Å². The molecule has 0 fully saturated rings. The zero-order chi connectivity index (χ0) is 20.9. The summed E-state index contributed by atoms with van der Waals surface area (Å²) < 4.78 is 5.74. The number of guanidine groups is 1. The van der Waals surface area contributed by atoms with E-state index in [4.69, 9.17) is 4.74 Å². The Bertz CT molecular complexity index is 781. The van der Waals surface area contributed by atoms with Crippen LogP contribution in [0.15, 0.2) is 59.6 Å². The Balaban J connectivity index is 1.84. The predicted octanol–water partition coefficient (Wildman–Crippen LogP) is 2.35. The molecule has 0 spiro atoms. The number of aliphatic hydroxyl groups is 1. The minimum Gasteiger partial charge on any atom is -0.492 e. The van der Waals surface area contributed by atoms with Gasteiger partial charge >= 0.3 is 0 Å². The SMILES string of the molecule is CCNC(=NCC(CO)c1ccccc1)NCCOc1cccc(NC(C)=O)c1. The fourth-order valence-electron chi connectivity index (χ4n) is 2.74. The highest BCUT2D eigenvalue weighted by Gasteiger charge is 2.10. The Kier molecular flexibility index (Phi) is 9.51. The number of nitrogens with zero attached hydrogens (tertiary/aromatic N) is 1. The summed E-state index contributed by atoms with van der Waals surface area (Å²) in [6, 6.07) is 17.2. The van der Waals surface area contributed by atoms with Crippen LogP contribution in [0.1, 0.15) is 25.3 Å². The third kappa shape index (κ3) is 8.23. The van der Waals surface area contributed by atoms with Crippen molar-refractivity contribution in [2.45, 2.75) is 19.8 Å². The van der Waals surface area contributed by atoms with Gasteiger partial charge in [0.1, 0.15) is 12.4 Å². The first-order valence-electron chi connectivity index (χ1n) is 9.80. The largest absolute Gasteiger partial charge is 0.492 e. The predicted molar refractivity (Wildman–Crippen MR) is 116 cm³/mol. The molecule has 2 aromatic carbocycles. The molecule has 4 N–H and O–H groups in total. The van der Waals surface area contributed by atoms with Crippen LogP contribution in [0.2, 0.25) is 0 Å². The normalized spacial score (nSPS) is 12.2. The number of ether oxygens (including phenoxy) is 1. The van der Waals surface area contributed by atoms with Crippen molar-refractivity contribution < 1.29 is 14.6 Å². The molecular formula is C22H30N4O3. The molecule has 1 amide bonds. The number of carbonyl (C=O) groups excluding carboxylic acids is 1. The molecule has 2 rings (SSSR count). The van der Waals surface area contributed by atoms with Crippen LogP contribution in [0.3, 0.4) is 0 Å². The summed E-state index contributed by atoms with van der Waals surface area (Å²) >= 11 is 0. The number of aliphatic hydroxyl groups excluding tert-OH is 1. The van der Waals surface area contributed by atoms with Crippen LogP contribution in [-0.4, -0.2) is 49.8 Å². The maximum absolute atomic E-state index is 11.1. The van der Waals surface area contributed by atoms with E-state index in [2.05, 4.69) is 20.9 Å². The summed E-state index contributed by atoms with van der Waals surface area (Å²) in [5, 5.41) is 18.8. The van der Waals surface area contributed by atoms with Crippen LogP contribution in [0.25, 0.3) is 0 Å². The number of benzene rings is 2. The van der Waals surface area contributed by atoms with Crippen LogP contribution < -0.4 is 20.7 Å². The molecule has 1 unspecified atom stereocenters. The Morgan fingerprint density at radius 1 is 1.14 bits per heavy atom. The lowest BCUT2D eigenvalue weighted by Gasteiger charge is -2.15. The summed E-state index contributed by atoms with van der Waals surface area (Å²) in [5.74, 6) is 1.20. The Morgan fingerprint density at radius 2 is 1.93 bits per heavy atom. The zero-order valence-corrected chi connectivity index (χ0v) is 17.0. The standard InChI is InChI=1S/C22H30N4O3/c1-3-23-22(25-15-19(16-27)18-8-5-4-6-9-18)24-12-13-29-21-11-7-10-20(14-21)26-17(2)28/h4-11,14,19,27H,3,12-13,15-16H2,1-2H3,(H,26,28)(H2,23,24,25). The molecule has 0 radical (unpaired) electrons. The second-order valence-corrected chi connectivity index (χ2v) is 6.49. The van der Waals surface area contributed by atoms with E-state index in [1.165, 1.54) is 6.92 Å². The molecule has 0 aromatic heterocycles. The van der Waals surface area contributed by atoms with Crippen molar-refractivity contribution in [3.63, 3.8) is 0 Å². The van der Waals surface area contributed by atoms with Crippen molar-refractivity contribution in [3.8, 4) is 5.75 Å². The lowest BCUT2D eigenvalue weighted by molar-refractivity contribution is -0.114. The highest BCUT2D eigenvalue weighted by molar-refractivity contribution is 5.88. The molecule has 29 heavy (non-hydrogen) atoms. The van der Waals surface area contributed by atoms with Gasteiger partial charge < -0.3 is 25.8 Å². The Hall–Kier alpha value is -3.06. The average molecular weight is 399 g/mol. The summed E-state index contributed by atoms with van der Waals surface area (Å²) in [6.07, 6.45) is 0. The Labute approximate surface area is 172 Å². The van der Waals surface area contributed by atoms with Gasteiger partial charge in [-0.25, -0.2) is 0 Å². The maximum atomic E-state index is 11.1. The van der Waals surface area contributed by atoms with Gasteiger partial charge in [0.2, 0.25) is 5.91 Å². The summed E-state index contributed by atoms with van der Waals surface area (Å²) in [7, 11) is 0. The van der Waals surface area contributed by atoms with Gasteiger partial charge in [-0.05, 0) is 24.6 Å². The molecule has 156 valence electrons.